The van der Waals surface area contributed by atoms with Gasteiger partial charge in [-0.3, -0.25) is 0 Å². The standard InChI is InChI=1S/C18H16N4S/c1-13-6-7-14(10-16(13)22-9-8-19-12-22)11-20-18-21-15-4-2-3-5-17(15)23-18/h2-10,12H,11H2,1H3,(H,20,21). The van der Waals surface area contributed by atoms with E-state index in [2.05, 4.69) is 46.5 Å². The molecule has 0 aliphatic rings. The molecular formula is C18H16N4S. The minimum Gasteiger partial charge on any atom is -0.357 e. The molecule has 5 heteroatoms. The van der Waals surface area contributed by atoms with Gasteiger partial charge >= 0.3 is 0 Å². The van der Waals surface area contributed by atoms with Gasteiger partial charge in [0.1, 0.15) is 0 Å². The van der Waals surface area contributed by atoms with Crippen molar-refractivity contribution >= 4 is 26.7 Å². The van der Waals surface area contributed by atoms with Crippen LogP contribution in [0.15, 0.2) is 61.2 Å². The van der Waals surface area contributed by atoms with Crippen LogP contribution in [0.3, 0.4) is 0 Å². The van der Waals surface area contributed by atoms with Crippen LogP contribution in [0, 0.1) is 6.92 Å². The molecule has 0 saturated heterocycles. The molecule has 0 amide bonds. The SMILES string of the molecule is Cc1ccc(CNc2nc3ccccc3s2)cc1-n1ccnc1. The Bertz CT molecular complexity index is 908. The van der Waals surface area contributed by atoms with E-state index in [1.165, 1.54) is 15.8 Å². The van der Waals surface area contributed by atoms with Gasteiger partial charge in [0.15, 0.2) is 5.13 Å². The number of nitrogens with zero attached hydrogens (tertiary/aromatic N) is 3. The van der Waals surface area contributed by atoms with Crippen LogP contribution in [-0.2, 0) is 6.54 Å². The fourth-order valence-electron chi connectivity index (χ4n) is 2.57. The number of hydrogen-bond acceptors (Lipinski definition) is 4. The fraction of sp³-hybridized carbons (Fsp3) is 0.111. The molecule has 2 heterocycles. The Morgan fingerprint density at radius 3 is 2.91 bits per heavy atom. The maximum Gasteiger partial charge on any atom is 0.184 e. The second kappa shape index (κ2) is 5.85. The highest BCUT2D eigenvalue weighted by molar-refractivity contribution is 7.22. The zero-order chi connectivity index (χ0) is 15.6. The molecule has 0 aliphatic heterocycles. The van der Waals surface area contributed by atoms with Crippen LogP contribution in [0.4, 0.5) is 5.13 Å². The fourth-order valence-corrected chi connectivity index (χ4v) is 3.43. The van der Waals surface area contributed by atoms with Crippen molar-refractivity contribution in [2.45, 2.75) is 13.5 Å². The Balaban J connectivity index is 1.56. The highest BCUT2D eigenvalue weighted by Gasteiger charge is 2.05. The van der Waals surface area contributed by atoms with Crippen LogP contribution in [0.25, 0.3) is 15.9 Å². The van der Waals surface area contributed by atoms with Gasteiger partial charge in [0.05, 0.1) is 16.5 Å². The summed E-state index contributed by atoms with van der Waals surface area (Å²) in [7, 11) is 0. The largest absolute Gasteiger partial charge is 0.357 e. The van der Waals surface area contributed by atoms with Crippen LogP contribution in [-0.4, -0.2) is 14.5 Å². The third kappa shape index (κ3) is 2.83. The molecule has 114 valence electrons. The van der Waals surface area contributed by atoms with E-state index < -0.39 is 0 Å². The van der Waals surface area contributed by atoms with Crippen LogP contribution in [0.2, 0.25) is 0 Å². The smallest absolute Gasteiger partial charge is 0.184 e. The van der Waals surface area contributed by atoms with Gasteiger partial charge in [-0.15, -0.1) is 0 Å². The molecule has 0 atom stereocenters. The number of imidazole rings is 1. The molecule has 0 saturated carbocycles. The lowest BCUT2D eigenvalue weighted by atomic mass is 10.1. The van der Waals surface area contributed by atoms with Gasteiger partial charge < -0.3 is 9.88 Å². The van der Waals surface area contributed by atoms with E-state index in [4.69, 9.17) is 0 Å². The number of fused-ring (bicyclic) bond motifs is 1. The van der Waals surface area contributed by atoms with Crippen molar-refractivity contribution in [2.24, 2.45) is 0 Å². The van der Waals surface area contributed by atoms with Gasteiger partial charge in [0.25, 0.3) is 0 Å². The van der Waals surface area contributed by atoms with E-state index in [9.17, 15) is 0 Å². The van der Waals surface area contributed by atoms with Crippen molar-refractivity contribution in [3.05, 3.63) is 72.3 Å². The molecule has 4 aromatic rings. The molecule has 0 fully saturated rings. The topological polar surface area (TPSA) is 42.7 Å². The van der Waals surface area contributed by atoms with E-state index in [0.717, 1.165) is 22.9 Å². The van der Waals surface area contributed by atoms with E-state index in [1.54, 1.807) is 17.5 Å². The van der Waals surface area contributed by atoms with E-state index in [-0.39, 0.29) is 0 Å². The van der Waals surface area contributed by atoms with Gasteiger partial charge in [-0.25, -0.2) is 9.97 Å². The number of anilines is 1. The third-order valence-electron chi connectivity index (χ3n) is 3.79. The number of benzene rings is 2. The molecule has 0 bridgehead atoms. The summed E-state index contributed by atoms with van der Waals surface area (Å²) < 4.78 is 3.24. The predicted octanol–water partition coefficient (Wildman–Crippen LogP) is 4.40. The maximum absolute atomic E-state index is 4.61. The summed E-state index contributed by atoms with van der Waals surface area (Å²) in [5, 5.41) is 4.38. The summed E-state index contributed by atoms with van der Waals surface area (Å²) >= 11 is 1.68. The number of nitrogens with one attached hydrogen (secondary N) is 1. The lowest BCUT2D eigenvalue weighted by Gasteiger charge is -2.10. The summed E-state index contributed by atoms with van der Waals surface area (Å²) in [6.07, 6.45) is 5.59. The van der Waals surface area contributed by atoms with Crippen LogP contribution in [0.5, 0.6) is 0 Å². The average molecular weight is 320 g/mol. The van der Waals surface area contributed by atoms with Crippen molar-refractivity contribution < 1.29 is 0 Å². The number of aryl methyl sites for hydroxylation is 1. The summed E-state index contributed by atoms with van der Waals surface area (Å²) in [6, 6.07) is 14.7. The van der Waals surface area contributed by atoms with Crippen molar-refractivity contribution in [1.29, 1.82) is 0 Å². The quantitative estimate of drug-likeness (QED) is 0.606. The van der Waals surface area contributed by atoms with Crippen LogP contribution >= 0.6 is 11.3 Å². The van der Waals surface area contributed by atoms with Gasteiger partial charge in [-0.1, -0.05) is 35.6 Å². The molecule has 2 aromatic carbocycles. The van der Waals surface area contributed by atoms with Crippen molar-refractivity contribution in [3.8, 4) is 5.69 Å². The Kier molecular flexibility index (Phi) is 3.55. The second-order valence-electron chi connectivity index (χ2n) is 5.43. The Morgan fingerprint density at radius 2 is 2.09 bits per heavy atom. The number of thiazole rings is 1. The van der Waals surface area contributed by atoms with Crippen molar-refractivity contribution in [1.82, 2.24) is 14.5 Å². The summed E-state index contributed by atoms with van der Waals surface area (Å²) in [6.45, 7) is 2.86. The first kappa shape index (κ1) is 14.0. The number of aromatic nitrogens is 3. The Labute approximate surface area is 138 Å². The highest BCUT2D eigenvalue weighted by Crippen LogP contribution is 2.26. The number of hydrogen-bond donors (Lipinski definition) is 1. The molecule has 0 unspecified atom stereocenters. The van der Waals surface area contributed by atoms with Gasteiger partial charge in [0.2, 0.25) is 0 Å². The summed E-state index contributed by atoms with van der Waals surface area (Å²) in [5.74, 6) is 0. The monoisotopic (exact) mass is 320 g/mol. The molecular weight excluding hydrogens is 304 g/mol. The van der Waals surface area contributed by atoms with Crippen molar-refractivity contribution in [2.75, 3.05) is 5.32 Å². The zero-order valence-electron chi connectivity index (χ0n) is 12.7. The highest BCUT2D eigenvalue weighted by atomic mass is 32.1. The van der Waals surface area contributed by atoms with Crippen LogP contribution in [0.1, 0.15) is 11.1 Å². The van der Waals surface area contributed by atoms with Gasteiger partial charge in [-0.05, 0) is 36.2 Å². The predicted molar refractivity (Wildman–Crippen MR) is 95.2 cm³/mol. The normalized spacial score (nSPS) is 11.0. The Hall–Kier alpha value is -2.66. The average Bonchev–Trinajstić information content (AvgIpc) is 3.23. The molecule has 4 nitrogen and oxygen atoms in total. The minimum atomic E-state index is 0.752. The molecule has 4 rings (SSSR count). The summed E-state index contributed by atoms with van der Waals surface area (Å²) in [4.78, 5) is 8.74. The molecule has 0 spiro atoms. The molecule has 0 aliphatic carbocycles. The first-order valence-electron chi connectivity index (χ1n) is 7.47. The lowest BCUT2D eigenvalue weighted by Crippen LogP contribution is -2.01. The lowest BCUT2D eigenvalue weighted by molar-refractivity contribution is 1.02. The first-order chi connectivity index (χ1) is 11.3. The van der Waals surface area contributed by atoms with Gasteiger partial charge in [-0.2, -0.15) is 0 Å². The molecule has 0 radical (unpaired) electrons. The summed E-state index contributed by atoms with van der Waals surface area (Å²) in [5.41, 5.74) is 4.65. The molecule has 2 aromatic heterocycles. The Morgan fingerprint density at radius 1 is 1.17 bits per heavy atom. The first-order valence-corrected chi connectivity index (χ1v) is 8.28. The van der Waals surface area contributed by atoms with E-state index in [0.29, 0.717) is 0 Å². The third-order valence-corrected chi connectivity index (χ3v) is 4.79. The van der Waals surface area contributed by atoms with Crippen molar-refractivity contribution in [3.63, 3.8) is 0 Å². The number of rotatable bonds is 4. The van der Waals surface area contributed by atoms with Crippen LogP contribution < -0.4 is 5.32 Å². The molecule has 1 N–H and O–H groups in total. The maximum atomic E-state index is 4.61. The van der Waals surface area contributed by atoms with E-state index in [1.807, 2.05) is 35.3 Å². The minimum absolute atomic E-state index is 0.752. The molecule has 23 heavy (non-hydrogen) atoms. The van der Waals surface area contributed by atoms with E-state index >= 15 is 0 Å². The zero-order valence-corrected chi connectivity index (χ0v) is 13.5. The second-order valence-corrected chi connectivity index (χ2v) is 6.46. The number of para-hydroxylation sites is 1. The van der Waals surface area contributed by atoms with Gasteiger partial charge in [0, 0.05) is 24.6 Å².